The number of carbonyl (C=O) groups excluding carboxylic acids is 1. The van der Waals surface area contributed by atoms with Gasteiger partial charge in [-0.2, -0.15) is 0 Å². The van der Waals surface area contributed by atoms with Crippen LogP contribution in [-0.4, -0.2) is 23.9 Å². The Hall–Kier alpha value is -0.830. The molecule has 92 valence electrons. The van der Waals surface area contributed by atoms with E-state index < -0.39 is 0 Å². The molecule has 0 spiro atoms. The zero-order chi connectivity index (χ0) is 12.3. The van der Waals surface area contributed by atoms with Crippen molar-refractivity contribution < 1.29 is 4.79 Å². The molecular formula is C14H18BrNO. The smallest absolute Gasteiger partial charge is 0.226 e. The number of nitrogens with zero attached hydrogens (tertiary/aromatic N) is 1. The van der Waals surface area contributed by atoms with Crippen LogP contribution in [0, 0.1) is 0 Å². The Morgan fingerprint density at radius 3 is 2.76 bits per heavy atom. The van der Waals surface area contributed by atoms with Crippen molar-refractivity contribution in [3.05, 3.63) is 34.3 Å². The van der Waals surface area contributed by atoms with Gasteiger partial charge in [0.05, 0.1) is 6.42 Å². The SMILES string of the molecule is CN(C(=O)Cc1cccc(Br)c1)C1CCCC1. The van der Waals surface area contributed by atoms with Crippen LogP contribution >= 0.6 is 15.9 Å². The fourth-order valence-electron chi connectivity index (χ4n) is 2.44. The van der Waals surface area contributed by atoms with Gasteiger partial charge in [-0.05, 0) is 30.5 Å². The minimum atomic E-state index is 0.231. The molecule has 1 aliphatic carbocycles. The number of halogens is 1. The molecule has 1 saturated carbocycles. The average molecular weight is 296 g/mol. The summed E-state index contributed by atoms with van der Waals surface area (Å²) in [7, 11) is 1.94. The number of benzene rings is 1. The van der Waals surface area contributed by atoms with Gasteiger partial charge >= 0.3 is 0 Å². The number of hydrogen-bond donors (Lipinski definition) is 0. The topological polar surface area (TPSA) is 20.3 Å². The maximum absolute atomic E-state index is 12.1. The van der Waals surface area contributed by atoms with Crippen LogP contribution in [0.15, 0.2) is 28.7 Å². The number of likely N-dealkylation sites (N-methyl/N-ethyl adjacent to an activating group) is 1. The second-order valence-electron chi connectivity index (χ2n) is 4.75. The minimum absolute atomic E-state index is 0.231. The Morgan fingerprint density at radius 1 is 1.41 bits per heavy atom. The van der Waals surface area contributed by atoms with E-state index in [1.165, 1.54) is 25.7 Å². The highest BCUT2D eigenvalue weighted by molar-refractivity contribution is 9.10. The number of hydrogen-bond acceptors (Lipinski definition) is 1. The molecule has 1 aromatic rings. The summed E-state index contributed by atoms with van der Waals surface area (Å²) < 4.78 is 1.03. The Bertz CT molecular complexity index is 399. The largest absolute Gasteiger partial charge is 0.342 e. The van der Waals surface area contributed by atoms with Gasteiger partial charge in [0.15, 0.2) is 0 Å². The summed E-state index contributed by atoms with van der Waals surface area (Å²) in [5.74, 6) is 0.231. The zero-order valence-electron chi connectivity index (χ0n) is 10.2. The first-order valence-electron chi connectivity index (χ1n) is 6.17. The third-order valence-electron chi connectivity index (χ3n) is 3.51. The van der Waals surface area contributed by atoms with E-state index in [4.69, 9.17) is 0 Å². The van der Waals surface area contributed by atoms with Crippen LogP contribution < -0.4 is 0 Å². The quantitative estimate of drug-likeness (QED) is 0.837. The molecule has 1 aromatic carbocycles. The van der Waals surface area contributed by atoms with E-state index in [1.807, 2.05) is 36.2 Å². The van der Waals surface area contributed by atoms with E-state index in [-0.39, 0.29) is 5.91 Å². The van der Waals surface area contributed by atoms with Crippen molar-refractivity contribution >= 4 is 21.8 Å². The van der Waals surface area contributed by atoms with E-state index in [0.29, 0.717) is 12.5 Å². The van der Waals surface area contributed by atoms with Crippen molar-refractivity contribution in [1.29, 1.82) is 0 Å². The van der Waals surface area contributed by atoms with Crippen LogP contribution in [-0.2, 0) is 11.2 Å². The normalized spacial score (nSPS) is 16.1. The lowest BCUT2D eigenvalue weighted by Crippen LogP contribution is -2.36. The van der Waals surface area contributed by atoms with Crippen molar-refractivity contribution in [3.8, 4) is 0 Å². The highest BCUT2D eigenvalue weighted by atomic mass is 79.9. The fraction of sp³-hybridized carbons (Fsp3) is 0.500. The summed E-state index contributed by atoms with van der Waals surface area (Å²) in [5, 5.41) is 0. The molecule has 0 aromatic heterocycles. The molecule has 17 heavy (non-hydrogen) atoms. The minimum Gasteiger partial charge on any atom is -0.342 e. The summed E-state index contributed by atoms with van der Waals surface area (Å²) in [4.78, 5) is 14.1. The van der Waals surface area contributed by atoms with E-state index >= 15 is 0 Å². The van der Waals surface area contributed by atoms with Crippen LogP contribution in [0.4, 0.5) is 0 Å². The zero-order valence-corrected chi connectivity index (χ0v) is 11.7. The highest BCUT2D eigenvalue weighted by Crippen LogP contribution is 2.23. The summed E-state index contributed by atoms with van der Waals surface area (Å²) in [6.45, 7) is 0. The Morgan fingerprint density at radius 2 is 2.12 bits per heavy atom. The molecule has 0 bridgehead atoms. The van der Waals surface area contributed by atoms with Gasteiger partial charge < -0.3 is 4.90 Å². The van der Waals surface area contributed by atoms with E-state index in [2.05, 4.69) is 15.9 Å². The lowest BCUT2D eigenvalue weighted by Gasteiger charge is -2.24. The van der Waals surface area contributed by atoms with E-state index in [1.54, 1.807) is 0 Å². The molecule has 1 amide bonds. The second-order valence-corrected chi connectivity index (χ2v) is 5.67. The molecule has 0 atom stereocenters. The maximum atomic E-state index is 12.1. The molecule has 2 rings (SSSR count). The molecule has 1 aliphatic rings. The van der Waals surface area contributed by atoms with Gasteiger partial charge in [0.2, 0.25) is 5.91 Å². The van der Waals surface area contributed by atoms with Gasteiger partial charge in [0.25, 0.3) is 0 Å². The van der Waals surface area contributed by atoms with Crippen molar-refractivity contribution in [2.24, 2.45) is 0 Å². The molecule has 0 aliphatic heterocycles. The van der Waals surface area contributed by atoms with Gasteiger partial charge in [-0.1, -0.05) is 40.9 Å². The van der Waals surface area contributed by atoms with Crippen molar-refractivity contribution in [3.63, 3.8) is 0 Å². The molecule has 0 N–H and O–H groups in total. The predicted octanol–water partition coefficient (Wildman–Crippen LogP) is 3.39. The van der Waals surface area contributed by atoms with Gasteiger partial charge in [-0.25, -0.2) is 0 Å². The van der Waals surface area contributed by atoms with Crippen molar-refractivity contribution in [1.82, 2.24) is 4.90 Å². The predicted molar refractivity (Wildman–Crippen MR) is 72.9 cm³/mol. The Balaban J connectivity index is 1.96. The standard InChI is InChI=1S/C14H18BrNO/c1-16(13-7-2-3-8-13)14(17)10-11-5-4-6-12(15)9-11/h4-6,9,13H,2-3,7-8,10H2,1H3. The van der Waals surface area contributed by atoms with Crippen molar-refractivity contribution in [2.75, 3.05) is 7.05 Å². The van der Waals surface area contributed by atoms with E-state index in [0.717, 1.165) is 10.0 Å². The van der Waals surface area contributed by atoms with Crippen LogP contribution in [0.3, 0.4) is 0 Å². The number of carbonyl (C=O) groups is 1. The molecule has 3 heteroatoms. The maximum Gasteiger partial charge on any atom is 0.226 e. The molecule has 0 heterocycles. The van der Waals surface area contributed by atoms with Crippen LogP contribution in [0.2, 0.25) is 0 Å². The molecule has 0 radical (unpaired) electrons. The molecule has 0 unspecified atom stereocenters. The van der Waals surface area contributed by atoms with Crippen LogP contribution in [0.25, 0.3) is 0 Å². The second kappa shape index (κ2) is 5.67. The summed E-state index contributed by atoms with van der Waals surface area (Å²) in [6.07, 6.45) is 5.37. The first-order valence-corrected chi connectivity index (χ1v) is 6.96. The third-order valence-corrected chi connectivity index (χ3v) is 4.00. The van der Waals surface area contributed by atoms with Gasteiger partial charge in [-0.3, -0.25) is 4.79 Å². The summed E-state index contributed by atoms with van der Waals surface area (Å²) in [5.41, 5.74) is 1.08. The van der Waals surface area contributed by atoms with E-state index in [9.17, 15) is 4.79 Å². The first kappa shape index (κ1) is 12.6. The summed E-state index contributed by atoms with van der Waals surface area (Å²) in [6, 6.07) is 8.44. The molecule has 2 nitrogen and oxygen atoms in total. The molecular weight excluding hydrogens is 278 g/mol. The monoisotopic (exact) mass is 295 g/mol. The summed E-state index contributed by atoms with van der Waals surface area (Å²) >= 11 is 3.43. The van der Waals surface area contributed by atoms with Crippen LogP contribution in [0.1, 0.15) is 31.2 Å². The Kier molecular flexibility index (Phi) is 4.21. The number of amides is 1. The average Bonchev–Trinajstić information content (AvgIpc) is 2.81. The van der Waals surface area contributed by atoms with Gasteiger partial charge in [0.1, 0.15) is 0 Å². The van der Waals surface area contributed by atoms with Gasteiger partial charge in [-0.15, -0.1) is 0 Å². The highest BCUT2D eigenvalue weighted by Gasteiger charge is 2.23. The number of rotatable bonds is 3. The fourth-order valence-corrected chi connectivity index (χ4v) is 2.89. The van der Waals surface area contributed by atoms with Gasteiger partial charge in [0, 0.05) is 17.6 Å². The lowest BCUT2D eigenvalue weighted by molar-refractivity contribution is -0.131. The molecule has 0 saturated heterocycles. The Labute approximate surface area is 111 Å². The first-order chi connectivity index (χ1) is 8.16. The third kappa shape index (κ3) is 3.32. The van der Waals surface area contributed by atoms with Crippen LogP contribution in [0.5, 0.6) is 0 Å². The molecule has 1 fully saturated rings. The van der Waals surface area contributed by atoms with Crippen molar-refractivity contribution in [2.45, 2.75) is 38.1 Å². The lowest BCUT2D eigenvalue weighted by atomic mass is 10.1.